The predicted octanol–water partition coefficient (Wildman–Crippen LogP) is 6.65. The lowest BCUT2D eigenvalue weighted by molar-refractivity contribution is 0.304. The minimum atomic E-state index is 0. The van der Waals surface area contributed by atoms with Crippen LogP contribution in [0.5, 0.6) is 5.75 Å². The molecule has 0 unspecified atom stereocenters. The Balaban J connectivity index is 0.00000243. The first-order chi connectivity index (χ1) is 12.3. The van der Waals surface area contributed by atoms with E-state index in [0.29, 0.717) is 12.6 Å². The van der Waals surface area contributed by atoms with Gasteiger partial charge in [-0.3, -0.25) is 0 Å². The van der Waals surface area contributed by atoms with Crippen LogP contribution in [-0.4, -0.2) is 6.04 Å². The molecule has 0 aromatic heterocycles. The molecule has 0 aliphatic heterocycles. The van der Waals surface area contributed by atoms with Gasteiger partial charge in [-0.15, -0.1) is 12.4 Å². The van der Waals surface area contributed by atoms with Crippen molar-refractivity contribution >= 4 is 28.3 Å². The van der Waals surface area contributed by atoms with Crippen LogP contribution in [0.1, 0.15) is 56.1 Å². The summed E-state index contributed by atoms with van der Waals surface area (Å²) >= 11 is 3.66. The van der Waals surface area contributed by atoms with Crippen molar-refractivity contribution in [3.63, 3.8) is 0 Å². The molecule has 0 heterocycles. The Hall–Kier alpha value is -1.03. The number of halogens is 2. The number of nitrogens with one attached hydrogen (secondary N) is 1. The Morgan fingerprint density at radius 2 is 1.58 bits per heavy atom. The summed E-state index contributed by atoms with van der Waals surface area (Å²) in [4.78, 5) is 0. The standard InChI is InChI=1S/C22H28BrNO.ClH/c23-21-15-19(16-24-20-11-7-2-1-3-8-12-20)13-14-22(21)25-17-18-9-5-4-6-10-18;/h4-6,9-10,13-15,20,24H,1-3,7-8,11-12,16-17H2;1H. The van der Waals surface area contributed by atoms with Gasteiger partial charge in [0.1, 0.15) is 12.4 Å². The maximum atomic E-state index is 5.94. The zero-order valence-electron chi connectivity index (χ0n) is 15.3. The van der Waals surface area contributed by atoms with Crippen molar-refractivity contribution in [2.75, 3.05) is 0 Å². The van der Waals surface area contributed by atoms with Gasteiger partial charge in [-0.05, 0) is 52.0 Å². The van der Waals surface area contributed by atoms with E-state index in [4.69, 9.17) is 4.74 Å². The molecule has 0 saturated heterocycles. The molecule has 2 aromatic carbocycles. The van der Waals surface area contributed by atoms with Crippen LogP contribution in [0.3, 0.4) is 0 Å². The molecular formula is C22H29BrClNO. The highest BCUT2D eigenvalue weighted by atomic mass is 79.9. The van der Waals surface area contributed by atoms with Crippen molar-refractivity contribution < 1.29 is 4.74 Å². The normalized spacial score (nSPS) is 15.6. The van der Waals surface area contributed by atoms with Gasteiger partial charge in [-0.25, -0.2) is 0 Å². The second-order valence-electron chi connectivity index (χ2n) is 6.96. The van der Waals surface area contributed by atoms with Crippen LogP contribution in [-0.2, 0) is 13.2 Å². The second kappa shape index (κ2) is 11.6. The minimum absolute atomic E-state index is 0. The SMILES string of the molecule is Brc1cc(CNC2CCCCCCC2)ccc1OCc1ccccc1.Cl. The Kier molecular flexibility index (Phi) is 9.52. The zero-order valence-corrected chi connectivity index (χ0v) is 17.7. The maximum absolute atomic E-state index is 5.94. The third-order valence-electron chi connectivity index (χ3n) is 4.93. The summed E-state index contributed by atoms with van der Waals surface area (Å²) in [7, 11) is 0. The zero-order chi connectivity index (χ0) is 17.3. The van der Waals surface area contributed by atoms with E-state index in [9.17, 15) is 0 Å². The molecule has 0 bridgehead atoms. The summed E-state index contributed by atoms with van der Waals surface area (Å²) in [5.41, 5.74) is 2.49. The van der Waals surface area contributed by atoms with Crippen LogP contribution >= 0.6 is 28.3 Å². The molecule has 26 heavy (non-hydrogen) atoms. The lowest BCUT2D eigenvalue weighted by Crippen LogP contribution is -2.29. The van der Waals surface area contributed by atoms with Gasteiger partial charge in [0.15, 0.2) is 0 Å². The molecule has 1 aliphatic carbocycles. The quantitative estimate of drug-likeness (QED) is 0.545. The molecule has 1 fully saturated rings. The van der Waals surface area contributed by atoms with Gasteiger partial charge in [0.05, 0.1) is 4.47 Å². The summed E-state index contributed by atoms with van der Waals surface area (Å²) in [6.45, 7) is 1.53. The highest BCUT2D eigenvalue weighted by Crippen LogP contribution is 2.27. The lowest BCUT2D eigenvalue weighted by Gasteiger charge is -2.21. The van der Waals surface area contributed by atoms with E-state index in [0.717, 1.165) is 16.8 Å². The topological polar surface area (TPSA) is 21.3 Å². The highest BCUT2D eigenvalue weighted by Gasteiger charge is 2.11. The maximum Gasteiger partial charge on any atom is 0.134 e. The fourth-order valence-electron chi connectivity index (χ4n) is 3.43. The Morgan fingerprint density at radius 1 is 0.885 bits per heavy atom. The molecule has 142 valence electrons. The number of hydrogen-bond acceptors (Lipinski definition) is 2. The smallest absolute Gasteiger partial charge is 0.134 e. The van der Waals surface area contributed by atoms with Crippen LogP contribution in [0.2, 0.25) is 0 Å². The van der Waals surface area contributed by atoms with Crippen LogP contribution < -0.4 is 10.1 Å². The first-order valence-corrected chi connectivity index (χ1v) is 10.3. The molecule has 2 nitrogen and oxygen atoms in total. The third-order valence-corrected chi connectivity index (χ3v) is 5.55. The molecular weight excluding hydrogens is 410 g/mol. The van der Waals surface area contributed by atoms with E-state index in [1.165, 1.54) is 56.1 Å². The van der Waals surface area contributed by atoms with E-state index in [2.05, 4.69) is 51.6 Å². The third kappa shape index (κ3) is 6.94. The first kappa shape index (κ1) is 21.3. The van der Waals surface area contributed by atoms with Crippen molar-refractivity contribution in [1.29, 1.82) is 0 Å². The summed E-state index contributed by atoms with van der Waals surface area (Å²) in [6, 6.07) is 17.4. The Bertz CT molecular complexity index is 642. The van der Waals surface area contributed by atoms with Crippen molar-refractivity contribution in [2.24, 2.45) is 0 Å². The number of benzene rings is 2. The van der Waals surface area contributed by atoms with Crippen LogP contribution in [0, 0.1) is 0 Å². The van der Waals surface area contributed by atoms with Gasteiger partial charge in [0.2, 0.25) is 0 Å². The second-order valence-corrected chi connectivity index (χ2v) is 7.82. The van der Waals surface area contributed by atoms with Crippen molar-refractivity contribution in [3.05, 3.63) is 64.1 Å². The lowest BCUT2D eigenvalue weighted by atomic mass is 9.96. The van der Waals surface area contributed by atoms with Gasteiger partial charge in [-0.1, -0.05) is 68.5 Å². The van der Waals surface area contributed by atoms with E-state index >= 15 is 0 Å². The van der Waals surface area contributed by atoms with E-state index < -0.39 is 0 Å². The Labute approximate surface area is 172 Å². The predicted molar refractivity (Wildman–Crippen MR) is 115 cm³/mol. The van der Waals surface area contributed by atoms with Gasteiger partial charge in [0, 0.05) is 12.6 Å². The van der Waals surface area contributed by atoms with Gasteiger partial charge in [-0.2, -0.15) is 0 Å². The molecule has 0 radical (unpaired) electrons. The molecule has 1 aliphatic rings. The number of ether oxygens (including phenoxy) is 1. The van der Waals surface area contributed by atoms with Crippen LogP contribution in [0.25, 0.3) is 0 Å². The summed E-state index contributed by atoms with van der Waals surface area (Å²) in [5, 5.41) is 3.75. The average Bonchev–Trinajstić information content (AvgIpc) is 2.61. The highest BCUT2D eigenvalue weighted by molar-refractivity contribution is 9.10. The molecule has 1 saturated carbocycles. The largest absolute Gasteiger partial charge is 0.488 e. The Morgan fingerprint density at radius 3 is 2.27 bits per heavy atom. The molecule has 2 aromatic rings. The van der Waals surface area contributed by atoms with Crippen molar-refractivity contribution in [1.82, 2.24) is 5.32 Å². The average molecular weight is 439 g/mol. The fourth-order valence-corrected chi connectivity index (χ4v) is 3.97. The summed E-state index contributed by atoms with van der Waals surface area (Å²) in [6.07, 6.45) is 9.60. The number of hydrogen-bond donors (Lipinski definition) is 1. The van der Waals surface area contributed by atoms with Gasteiger partial charge >= 0.3 is 0 Å². The van der Waals surface area contributed by atoms with Crippen LogP contribution in [0.15, 0.2) is 53.0 Å². The summed E-state index contributed by atoms with van der Waals surface area (Å²) < 4.78 is 6.96. The van der Waals surface area contributed by atoms with Crippen molar-refractivity contribution in [3.8, 4) is 5.75 Å². The first-order valence-electron chi connectivity index (χ1n) is 9.50. The van der Waals surface area contributed by atoms with E-state index in [1.807, 2.05) is 18.2 Å². The molecule has 3 rings (SSSR count). The summed E-state index contributed by atoms with van der Waals surface area (Å²) in [5.74, 6) is 0.901. The molecule has 0 amide bonds. The van der Waals surface area contributed by atoms with Gasteiger partial charge < -0.3 is 10.1 Å². The molecule has 4 heteroatoms. The van der Waals surface area contributed by atoms with E-state index in [-0.39, 0.29) is 12.4 Å². The van der Waals surface area contributed by atoms with Gasteiger partial charge in [0.25, 0.3) is 0 Å². The van der Waals surface area contributed by atoms with Crippen LogP contribution in [0.4, 0.5) is 0 Å². The monoisotopic (exact) mass is 437 g/mol. The molecule has 0 spiro atoms. The molecule has 1 N–H and O–H groups in total. The molecule has 0 atom stereocenters. The fraction of sp³-hybridized carbons (Fsp3) is 0.455. The number of rotatable bonds is 6. The minimum Gasteiger partial charge on any atom is -0.488 e. The van der Waals surface area contributed by atoms with Crippen molar-refractivity contribution in [2.45, 2.75) is 64.1 Å². The van der Waals surface area contributed by atoms with E-state index in [1.54, 1.807) is 0 Å².